The van der Waals surface area contributed by atoms with Crippen molar-refractivity contribution in [1.82, 2.24) is 5.32 Å². The fraction of sp³-hybridized carbons (Fsp3) is 0.846. The molecule has 0 aromatic rings. The van der Waals surface area contributed by atoms with Crippen LogP contribution in [0.25, 0.3) is 0 Å². The molecule has 1 aliphatic rings. The molecular weight excluding hydrogens is 216 g/mol. The largest absolute Gasteiger partial charge is 0.355 e. The maximum Gasteiger partial charge on any atom is 0.223 e. The van der Waals surface area contributed by atoms with Gasteiger partial charge < -0.3 is 11.1 Å². The van der Waals surface area contributed by atoms with Crippen molar-refractivity contribution >= 4 is 11.7 Å². The van der Waals surface area contributed by atoms with E-state index in [2.05, 4.69) is 5.32 Å². The Hall–Kier alpha value is -0.900. The lowest BCUT2D eigenvalue weighted by Gasteiger charge is -2.27. The summed E-state index contributed by atoms with van der Waals surface area (Å²) in [6.07, 6.45) is 3.38. The molecule has 0 aliphatic heterocycles. The summed E-state index contributed by atoms with van der Waals surface area (Å²) in [7, 11) is 0. The molecule has 4 nitrogen and oxygen atoms in total. The fourth-order valence-electron chi connectivity index (χ4n) is 2.45. The van der Waals surface area contributed by atoms with Crippen LogP contribution in [0.15, 0.2) is 0 Å². The van der Waals surface area contributed by atoms with Gasteiger partial charge >= 0.3 is 0 Å². The van der Waals surface area contributed by atoms with Crippen molar-refractivity contribution in [3.63, 3.8) is 0 Å². The van der Waals surface area contributed by atoms with Crippen LogP contribution in [-0.4, -0.2) is 24.8 Å². The van der Waals surface area contributed by atoms with Crippen LogP contribution in [0.2, 0.25) is 0 Å². The maximum atomic E-state index is 11.8. The Kier molecular flexibility index (Phi) is 5.62. The van der Waals surface area contributed by atoms with E-state index in [1.54, 1.807) is 0 Å². The minimum absolute atomic E-state index is 0.0813. The van der Waals surface area contributed by atoms with Gasteiger partial charge in [-0.25, -0.2) is 0 Å². The van der Waals surface area contributed by atoms with E-state index in [0.717, 1.165) is 25.7 Å². The highest BCUT2D eigenvalue weighted by atomic mass is 16.2. The average molecular weight is 240 g/mol. The summed E-state index contributed by atoms with van der Waals surface area (Å²) in [6, 6.07) is 0. The van der Waals surface area contributed by atoms with Crippen molar-refractivity contribution in [3.8, 4) is 0 Å². The molecule has 0 aromatic carbocycles. The molecule has 1 saturated carbocycles. The van der Waals surface area contributed by atoms with E-state index in [4.69, 9.17) is 5.73 Å². The number of hydrogen-bond acceptors (Lipinski definition) is 3. The van der Waals surface area contributed by atoms with Crippen LogP contribution in [-0.2, 0) is 9.59 Å². The topological polar surface area (TPSA) is 72.2 Å². The molecule has 17 heavy (non-hydrogen) atoms. The van der Waals surface area contributed by atoms with Crippen molar-refractivity contribution in [2.45, 2.75) is 39.5 Å². The minimum Gasteiger partial charge on any atom is -0.355 e. The van der Waals surface area contributed by atoms with Crippen LogP contribution < -0.4 is 11.1 Å². The van der Waals surface area contributed by atoms with Crippen LogP contribution >= 0.6 is 0 Å². The number of rotatable bonds is 5. The second-order valence-corrected chi connectivity index (χ2v) is 5.19. The normalized spacial score (nSPS) is 24.7. The third kappa shape index (κ3) is 4.11. The van der Waals surface area contributed by atoms with Gasteiger partial charge in [0.2, 0.25) is 5.91 Å². The third-order valence-corrected chi connectivity index (χ3v) is 3.51. The molecule has 0 atom stereocenters. The summed E-state index contributed by atoms with van der Waals surface area (Å²) in [6.45, 7) is 4.92. The predicted octanol–water partition coefficient (Wildman–Crippen LogP) is 1.09. The molecule has 1 aliphatic carbocycles. The number of Topliss-reactive ketones (excluding diaryl/α,β-unsaturated/α-hetero) is 1. The smallest absolute Gasteiger partial charge is 0.223 e. The Morgan fingerprint density at radius 3 is 2.18 bits per heavy atom. The van der Waals surface area contributed by atoms with E-state index < -0.39 is 0 Å². The first-order valence-corrected chi connectivity index (χ1v) is 6.57. The number of carbonyl (C=O) groups is 2. The molecule has 0 saturated heterocycles. The Bertz CT molecular complexity index is 269. The van der Waals surface area contributed by atoms with Crippen LogP contribution in [0.5, 0.6) is 0 Å². The van der Waals surface area contributed by atoms with Gasteiger partial charge in [-0.2, -0.15) is 0 Å². The van der Waals surface area contributed by atoms with Crippen LogP contribution in [0, 0.1) is 17.8 Å². The first-order chi connectivity index (χ1) is 8.06. The van der Waals surface area contributed by atoms with Crippen LogP contribution in [0.4, 0.5) is 0 Å². The lowest BCUT2D eigenvalue weighted by atomic mass is 9.77. The Morgan fingerprint density at radius 1 is 1.18 bits per heavy atom. The number of hydrogen-bond donors (Lipinski definition) is 2. The number of nitrogens with one attached hydrogen (secondary N) is 1. The zero-order valence-corrected chi connectivity index (χ0v) is 10.9. The highest BCUT2D eigenvalue weighted by Gasteiger charge is 2.30. The molecule has 0 bridgehead atoms. The number of carbonyl (C=O) groups excluding carboxylic acids is 2. The van der Waals surface area contributed by atoms with Crippen molar-refractivity contribution in [1.29, 1.82) is 0 Å². The lowest BCUT2D eigenvalue weighted by Crippen LogP contribution is -2.37. The quantitative estimate of drug-likeness (QED) is 0.755. The Morgan fingerprint density at radius 2 is 1.71 bits per heavy atom. The highest BCUT2D eigenvalue weighted by Crippen LogP contribution is 2.30. The van der Waals surface area contributed by atoms with Gasteiger partial charge in [-0.3, -0.25) is 9.59 Å². The standard InChI is InChI=1S/C13H24N2O2/c1-9(2)12(16)10-3-5-11(6-4-10)13(17)15-8-7-14/h9-11H,3-8,14H2,1-2H3,(H,15,17). The minimum atomic E-state index is 0.0813. The maximum absolute atomic E-state index is 11.8. The van der Waals surface area contributed by atoms with E-state index in [1.165, 1.54) is 0 Å². The number of nitrogens with two attached hydrogens (primary N) is 1. The van der Waals surface area contributed by atoms with E-state index in [-0.39, 0.29) is 23.7 Å². The summed E-state index contributed by atoms with van der Waals surface area (Å²) in [5.41, 5.74) is 5.34. The van der Waals surface area contributed by atoms with Gasteiger partial charge in [0.05, 0.1) is 0 Å². The van der Waals surface area contributed by atoms with Gasteiger partial charge in [0.15, 0.2) is 0 Å². The summed E-state index contributed by atoms with van der Waals surface area (Å²) in [5.74, 6) is 0.825. The van der Waals surface area contributed by atoms with Crippen molar-refractivity contribution < 1.29 is 9.59 Å². The summed E-state index contributed by atoms with van der Waals surface area (Å²) < 4.78 is 0. The molecule has 1 rings (SSSR count). The molecule has 1 amide bonds. The summed E-state index contributed by atoms with van der Waals surface area (Å²) in [4.78, 5) is 23.5. The van der Waals surface area contributed by atoms with Crippen molar-refractivity contribution in [2.75, 3.05) is 13.1 Å². The molecule has 0 spiro atoms. The first-order valence-electron chi connectivity index (χ1n) is 6.57. The van der Waals surface area contributed by atoms with Crippen LogP contribution in [0.3, 0.4) is 0 Å². The molecule has 4 heteroatoms. The third-order valence-electron chi connectivity index (χ3n) is 3.51. The predicted molar refractivity (Wildman–Crippen MR) is 67.4 cm³/mol. The van der Waals surface area contributed by atoms with Gasteiger partial charge in [0, 0.05) is 30.8 Å². The Balaban J connectivity index is 2.35. The fourth-order valence-corrected chi connectivity index (χ4v) is 2.45. The highest BCUT2D eigenvalue weighted by molar-refractivity contribution is 5.83. The SMILES string of the molecule is CC(C)C(=O)C1CCC(C(=O)NCCN)CC1. The number of ketones is 1. The lowest BCUT2D eigenvalue weighted by molar-refractivity contribution is -0.130. The first kappa shape index (κ1) is 14.2. The molecule has 98 valence electrons. The second-order valence-electron chi connectivity index (χ2n) is 5.19. The van der Waals surface area contributed by atoms with E-state index in [9.17, 15) is 9.59 Å². The molecule has 0 heterocycles. The molecule has 0 unspecified atom stereocenters. The number of amides is 1. The van der Waals surface area contributed by atoms with Crippen LogP contribution in [0.1, 0.15) is 39.5 Å². The van der Waals surface area contributed by atoms with Gasteiger partial charge in [-0.05, 0) is 25.7 Å². The summed E-state index contributed by atoms with van der Waals surface area (Å²) in [5, 5.41) is 2.82. The molecule has 3 N–H and O–H groups in total. The average Bonchev–Trinajstić information content (AvgIpc) is 2.35. The molecular formula is C13H24N2O2. The van der Waals surface area contributed by atoms with Gasteiger partial charge in [0.1, 0.15) is 5.78 Å². The van der Waals surface area contributed by atoms with E-state index in [1.807, 2.05) is 13.8 Å². The monoisotopic (exact) mass is 240 g/mol. The molecule has 1 fully saturated rings. The Labute approximate surface area is 103 Å². The zero-order chi connectivity index (χ0) is 12.8. The molecule has 0 radical (unpaired) electrons. The van der Waals surface area contributed by atoms with Gasteiger partial charge in [-0.15, -0.1) is 0 Å². The zero-order valence-electron chi connectivity index (χ0n) is 10.9. The second kappa shape index (κ2) is 6.74. The molecule has 0 aromatic heterocycles. The summed E-state index contributed by atoms with van der Waals surface area (Å²) >= 11 is 0. The van der Waals surface area contributed by atoms with Gasteiger partial charge in [0.25, 0.3) is 0 Å². The van der Waals surface area contributed by atoms with E-state index in [0.29, 0.717) is 18.9 Å². The van der Waals surface area contributed by atoms with Crippen molar-refractivity contribution in [2.24, 2.45) is 23.5 Å². The van der Waals surface area contributed by atoms with Gasteiger partial charge in [-0.1, -0.05) is 13.8 Å². The van der Waals surface area contributed by atoms with E-state index >= 15 is 0 Å². The van der Waals surface area contributed by atoms with Crippen molar-refractivity contribution in [3.05, 3.63) is 0 Å².